The molecule has 1 spiro atoms. The van der Waals surface area contributed by atoms with E-state index in [9.17, 15) is 4.79 Å². The molecule has 2 aromatic rings. The Kier molecular flexibility index (Phi) is 5.07. The molecule has 1 amide bonds. The molecule has 0 radical (unpaired) electrons. The van der Waals surface area contributed by atoms with Crippen LogP contribution >= 0.6 is 0 Å². The van der Waals surface area contributed by atoms with Gasteiger partial charge in [0.25, 0.3) is 0 Å². The first kappa shape index (κ1) is 17.9. The summed E-state index contributed by atoms with van der Waals surface area (Å²) in [7, 11) is 0. The van der Waals surface area contributed by atoms with Crippen LogP contribution in [0.4, 0.5) is 0 Å². The van der Waals surface area contributed by atoms with Gasteiger partial charge in [-0.15, -0.1) is 0 Å². The van der Waals surface area contributed by atoms with Gasteiger partial charge < -0.3 is 14.4 Å². The Balaban J connectivity index is 1.27. The van der Waals surface area contributed by atoms with E-state index in [0.29, 0.717) is 32.0 Å². The topological polar surface area (TPSA) is 64.6 Å². The molecule has 2 saturated heterocycles. The van der Waals surface area contributed by atoms with E-state index >= 15 is 0 Å². The van der Waals surface area contributed by atoms with E-state index in [0.717, 1.165) is 19.3 Å². The third-order valence-electron chi connectivity index (χ3n) is 5.45. The number of nitrogens with zero attached hydrogens (tertiary/aromatic N) is 3. The number of likely N-dealkylation sites (tertiary alicyclic amines) is 1. The molecule has 2 aliphatic rings. The summed E-state index contributed by atoms with van der Waals surface area (Å²) in [5.41, 5.74) is 2.22. The summed E-state index contributed by atoms with van der Waals surface area (Å²) < 4.78 is 12.0. The van der Waals surface area contributed by atoms with Crippen molar-refractivity contribution >= 4 is 5.91 Å². The van der Waals surface area contributed by atoms with Crippen molar-refractivity contribution in [3.05, 3.63) is 54.0 Å². The number of carbonyl (C=O) groups is 1. The molecule has 1 atom stereocenters. The molecule has 0 N–H and O–H groups in total. The second-order valence-electron chi connectivity index (χ2n) is 7.48. The van der Waals surface area contributed by atoms with Gasteiger partial charge in [0, 0.05) is 31.7 Å². The predicted molar refractivity (Wildman–Crippen MR) is 100 cm³/mol. The van der Waals surface area contributed by atoms with Crippen LogP contribution in [0.2, 0.25) is 0 Å². The second kappa shape index (κ2) is 7.64. The normalized spacial score (nSPS) is 20.9. The van der Waals surface area contributed by atoms with E-state index < -0.39 is 0 Å². The Morgan fingerprint density at radius 1 is 1.33 bits per heavy atom. The van der Waals surface area contributed by atoms with Crippen molar-refractivity contribution in [2.24, 2.45) is 0 Å². The first-order valence-electron chi connectivity index (χ1n) is 9.52. The van der Waals surface area contributed by atoms with Crippen molar-refractivity contribution in [2.75, 3.05) is 19.7 Å². The van der Waals surface area contributed by atoms with E-state index in [1.165, 1.54) is 11.1 Å². The van der Waals surface area contributed by atoms with E-state index in [2.05, 4.69) is 29.0 Å². The molecular formula is C21H25N3O3. The Morgan fingerprint density at radius 2 is 2.19 bits per heavy atom. The lowest BCUT2D eigenvalue weighted by Crippen LogP contribution is -2.67. The van der Waals surface area contributed by atoms with Crippen LogP contribution in [-0.4, -0.2) is 52.2 Å². The van der Waals surface area contributed by atoms with Crippen LogP contribution in [0.5, 0.6) is 5.88 Å². The average Bonchev–Trinajstić information content (AvgIpc) is 2.66. The molecule has 2 aliphatic heterocycles. The van der Waals surface area contributed by atoms with E-state index in [-0.39, 0.29) is 17.6 Å². The standard InChI is InChI=1S/C21H25N3O3/c1-16-4-2-3-5-17(16)6-7-20(25)24-14-21(15-24)12-18(8-11-26-21)27-19-13-22-9-10-23-19/h2-5,9-10,13,18H,6-8,11-12,14-15H2,1H3/t18-/m0/s1. The number of hydrogen-bond donors (Lipinski definition) is 0. The molecule has 0 aliphatic carbocycles. The van der Waals surface area contributed by atoms with Gasteiger partial charge in [-0.1, -0.05) is 24.3 Å². The summed E-state index contributed by atoms with van der Waals surface area (Å²) in [6, 6.07) is 8.24. The third kappa shape index (κ3) is 4.11. The molecule has 1 aromatic heterocycles. The fraction of sp³-hybridized carbons (Fsp3) is 0.476. The Bertz CT molecular complexity index is 790. The molecule has 0 unspecified atom stereocenters. The van der Waals surface area contributed by atoms with Crippen molar-refractivity contribution in [1.29, 1.82) is 0 Å². The van der Waals surface area contributed by atoms with Crippen LogP contribution < -0.4 is 4.74 Å². The number of rotatable bonds is 5. The van der Waals surface area contributed by atoms with Gasteiger partial charge in [-0.05, 0) is 24.5 Å². The average molecular weight is 367 g/mol. The molecule has 142 valence electrons. The minimum absolute atomic E-state index is 0.0553. The maximum Gasteiger partial charge on any atom is 0.232 e. The fourth-order valence-corrected chi connectivity index (χ4v) is 3.94. The molecule has 3 heterocycles. The SMILES string of the molecule is Cc1ccccc1CCC(=O)N1CC2(C[C@@H](Oc3cnccn3)CCO2)C1. The highest BCUT2D eigenvalue weighted by Gasteiger charge is 2.49. The Morgan fingerprint density at radius 3 is 2.96 bits per heavy atom. The van der Waals surface area contributed by atoms with Crippen molar-refractivity contribution in [1.82, 2.24) is 14.9 Å². The van der Waals surface area contributed by atoms with E-state index in [1.807, 2.05) is 17.0 Å². The highest BCUT2D eigenvalue weighted by Crippen LogP contribution is 2.35. The van der Waals surface area contributed by atoms with Crippen LogP contribution in [0.1, 0.15) is 30.4 Å². The van der Waals surface area contributed by atoms with Gasteiger partial charge >= 0.3 is 0 Å². The highest BCUT2D eigenvalue weighted by atomic mass is 16.5. The maximum atomic E-state index is 12.5. The number of amides is 1. The van der Waals surface area contributed by atoms with Gasteiger partial charge in [0.15, 0.2) is 0 Å². The molecule has 1 aromatic carbocycles. The zero-order chi connectivity index (χ0) is 18.7. The highest BCUT2D eigenvalue weighted by molar-refractivity contribution is 5.77. The van der Waals surface area contributed by atoms with Crippen LogP contribution in [0.3, 0.4) is 0 Å². The third-order valence-corrected chi connectivity index (χ3v) is 5.45. The lowest BCUT2D eigenvalue weighted by Gasteiger charge is -2.52. The number of hydrogen-bond acceptors (Lipinski definition) is 5. The summed E-state index contributed by atoms with van der Waals surface area (Å²) in [5.74, 6) is 0.745. The number of carbonyl (C=O) groups excluding carboxylic acids is 1. The minimum atomic E-state index is -0.260. The van der Waals surface area contributed by atoms with E-state index in [1.54, 1.807) is 18.6 Å². The second-order valence-corrected chi connectivity index (χ2v) is 7.48. The number of ether oxygens (including phenoxy) is 2. The Hall–Kier alpha value is -2.47. The Labute approximate surface area is 159 Å². The van der Waals surface area contributed by atoms with Gasteiger partial charge in [0.05, 0.1) is 25.9 Å². The quantitative estimate of drug-likeness (QED) is 0.813. The molecule has 0 bridgehead atoms. The zero-order valence-corrected chi connectivity index (χ0v) is 15.6. The minimum Gasteiger partial charge on any atom is -0.473 e. The molecule has 6 heteroatoms. The molecule has 6 nitrogen and oxygen atoms in total. The van der Waals surface area contributed by atoms with Gasteiger partial charge in [-0.2, -0.15) is 0 Å². The van der Waals surface area contributed by atoms with Crippen LogP contribution in [0.15, 0.2) is 42.9 Å². The molecule has 2 fully saturated rings. The maximum absolute atomic E-state index is 12.5. The first-order chi connectivity index (χ1) is 13.1. The zero-order valence-electron chi connectivity index (χ0n) is 15.6. The van der Waals surface area contributed by atoms with E-state index in [4.69, 9.17) is 9.47 Å². The largest absolute Gasteiger partial charge is 0.473 e. The lowest BCUT2D eigenvalue weighted by molar-refractivity contribution is -0.193. The number of benzene rings is 1. The van der Waals surface area contributed by atoms with Crippen molar-refractivity contribution in [3.8, 4) is 5.88 Å². The summed E-state index contributed by atoms with van der Waals surface area (Å²) in [6.07, 6.45) is 7.89. The molecular weight excluding hydrogens is 342 g/mol. The lowest BCUT2D eigenvalue weighted by atomic mass is 9.84. The number of aromatic nitrogens is 2. The van der Waals surface area contributed by atoms with Gasteiger partial charge in [0.2, 0.25) is 11.8 Å². The van der Waals surface area contributed by atoms with Crippen molar-refractivity contribution < 1.29 is 14.3 Å². The van der Waals surface area contributed by atoms with Crippen LogP contribution in [-0.2, 0) is 16.0 Å². The van der Waals surface area contributed by atoms with Crippen molar-refractivity contribution in [3.63, 3.8) is 0 Å². The van der Waals surface area contributed by atoms with Gasteiger partial charge in [-0.3, -0.25) is 9.78 Å². The summed E-state index contributed by atoms with van der Waals surface area (Å²) >= 11 is 0. The molecule has 27 heavy (non-hydrogen) atoms. The van der Waals surface area contributed by atoms with Crippen molar-refractivity contribution in [2.45, 2.75) is 44.3 Å². The molecule has 0 saturated carbocycles. The smallest absolute Gasteiger partial charge is 0.232 e. The van der Waals surface area contributed by atoms with Crippen LogP contribution in [0.25, 0.3) is 0 Å². The predicted octanol–water partition coefficient (Wildman–Crippen LogP) is 2.56. The summed E-state index contributed by atoms with van der Waals surface area (Å²) in [4.78, 5) is 22.6. The van der Waals surface area contributed by atoms with Gasteiger partial charge in [-0.25, -0.2) is 4.98 Å². The number of aryl methyl sites for hydroxylation is 2. The first-order valence-corrected chi connectivity index (χ1v) is 9.52. The molecule has 4 rings (SSSR count). The van der Waals surface area contributed by atoms with Gasteiger partial charge in [0.1, 0.15) is 11.7 Å². The summed E-state index contributed by atoms with van der Waals surface area (Å²) in [6.45, 7) is 4.04. The monoisotopic (exact) mass is 367 g/mol. The fourth-order valence-electron chi connectivity index (χ4n) is 3.94. The summed E-state index contributed by atoms with van der Waals surface area (Å²) in [5, 5.41) is 0. The van der Waals surface area contributed by atoms with Crippen LogP contribution in [0, 0.1) is 6.92 Å².